The van der Waals surface area contributed by atoms with Gasteiger partial charge in [-0.3, -0.25) is 4.79 Å². The highest BCUT2D eigenvalue weighted by molar-refractivity contribution is 6.37. The molecule has 3 heteroatoms. The van der Waals surface area contributed by atoms with Crippen molar-refractivity contribution in [1.82, 2.24) is 0 Å². The normalized spacial score (nSPS) is 21.0. The number of alkyl halides is 1. The van der Waals surface area contributed by atoms with E-state index in [1.165, 1.54) is 0 Å². The van der Waals surface area contributed by atoms with Crippen LogP contribution in [0.5, 0.6) is 0 Å². The molecule has 108 valence electrons. The number of fused-ring (bicyclic) bond motifs is 1. The Morgan fingerprint density at radius 2 is 1.50 bits per heavy atom. The second kappa shape index (κ2) is 5.15. The molecule has 0 saturated carbocycles. The van der Waals surface area contributed by atoms with Gasteiger partial charge in [-0.15, -0.1) is 11.6 Å². The fourth-order valence-corrected chi connectivity index (χ4v) is 3.47. The predicted octanol–water partition coefficient (Wildman–Crippen LogP) is 4.54. The van der Waals surface area contributed by atoms with Crippen molar-refractivity contribution in [3.63, 3.8) is 0 Å². The van der Waals surface area contributed by atoms with Crippen molar-refractivity contribution in [2.75, 3.05) is 4.90 Å². The van der Waals surface area contributed by atoms with E-state index in [0.29, 0.717) is 0 Å². The van der Waals surface area contributed by atoms with Crippen molar-refractivity contribution in [3.8, 4) is 0 Å². The average Bonchev–Trinajstić information content (AvgIpc) is 2.59. The molecule has 0 bridgehead atoms. The van der Waals surface area contributed by atoms with Gasteiger partial charge in [0, 0.05) is 5.39 Å². The van der Waals surface area contributed by atoms with Crippen molar-refractivity contribution in [2.24, 2.45) is 0 Å². The second-order valence-corrected chi connectivity index (χ2v) is 5.93. The maximum atomic E-state index is 12.4. The van der Waals surface area contributed by atoms with Crippen LogP contribution in [0.4, 0.5) is 5.69 Å². The summed E-state index contributed by atoms with van der Waals surface area (Å²) >= 11 is 6.30. The van der Waals surface area contributed by atoms with Gasteiger partial charge in [-0.05, 0) is 17.0 Å². The third-order valence-electron chi connectivity index (χ3n) is 4.20. The van der Waals surface area contributed by atoms with Crippen molar-refractivity contribution in [3.05, 3.63) is 78.4 Å². The lowest BCUT2D eigenvalue weighted by Crippen LogP contribution is -2.56. The highest BCUT2D eigenvalue weighted by Gasteiger charge is 2.48. The van der Waals surface area contributed by atoms with E-state index >= 15 is 0 Å². The van der Waals surface area contributed by atoms with E-state index in [0.717, 1.165) is 22.0 Å². The van der Waals surface area contributed by atoms with Crippen LogP contribution in [-0.4, -0.2) is 11.3 Å². The molecule has 1 heterocycles. The molecule has 0 aliphatic carbocycles. The fraction of sp³-hybridized carbons (Fsp3) is 0.105. The first-order valence-corrected chi connectivity index (χ1v) is 7.71. The number of rotatable bonds is 2. The van der Waals surface area contributed by atoms with E-state index in [4.69, 9.17) is 11.6 Å². The summed E-state index contributed by atoms with van der Waals surface area (Å²) in [5.74, 6) is -0.0353. The smallest absolute Gasteiger partial charge is 0.248 e. The Kier molecular flexibility index (Phi) is 3.12. The van der Waals surface area contributed by atoms with Gasteiger partial charge in [0.1, 0.15) is 5.38 Å². The monoisotopic (exact) mass is 307 g/mol. The molecule has 0 spiro atoms. The second-order valence-electron chi connectivity index (χ2n) is 5.46. The Hall–Kier alpha value is -2.32. The first kappa shape index (κ1) is 13.4. The SMILES string of the molecule is O=C1C(Cl)C(c2ccccc2)N1c1cccc2ccccc12. The van der Waals surface area contributed by atoms with Gasteiger partial charge in [-0.1, -0.05) is 66.7 Å². The first-order chi connectivity index (χ1) is 10.8. The molecule has 4 rings (SSSR count). The predicted molar refractivity (Wildman–Crippen MR) is 90.3 cm³/mol. The highest BCUT2D eigenvalue weighted by Crippen LogP contribution is 2.44. The molecular formula is C19H14ClNO. The number of nitrogens with zero attached hydrogens (tertiary/aromatic N) is 1. The minimum absolute atomic E-state index is 0.0353. The van der Waals surface area contributed by atoms with Crippen molar-refractivity contribution < 1.29 is 4.79 Å². The molecule has 1 fully saturated rings. The van der Waals surface area contributed by atoms with Crippen LogP contribution in [0, 0.1) is 0 Å². The molecule has 2 atom stereocenters. The molecular weight excluding hydrogens is 294 g/mol. The van der Waals surface area contributed by atoms with Crippen molar-refractivity contribution >= 4 is 34.0 Å². The Morgan fingerprint density at radius 1 is 0.818 bits per heavy atom. The van der Waals surface area contributed by atoms with E-state index in [2.05, 4.69) is 12.1 Å². The lowest BCUT2D eigenvalue weighted by molar-refractivity contribution is -0.123. The van der Waals surface area contributed by atoms with Crippen LogP contribution in [0.25, 0.3) is 10.8 Å². The van der Waals surface area contributed by atoms with Gasteiger partial charge < -0.3 is 4.90 Å². The first-order valence-electron chi connectivity index (χ1n) is 7.27. The lowest BCUT2D eigenvalue weighted by Gasteiger charge is -2.45. The highest BCUT2D eigenvalue weighted by atomic mass is 35.5. The molecule has 1 amide bonds. The van der Waals surface area contributed by atoms with Crippen LogP contribution in [0.3, 0.4) is 0 Å². The molecule has 22 heavy (non-hydrogen) atoms. The summed E-state index contributed by atoms with van der Waals surface area (Å²) in [7, 11) is 0. The average molecular weight is 308 g/mol. The van der Waals surface area contributed by atoms with E-state index in [1.54, 1.807) is 0 Å². The van der Waals surface area contributed by atoms with Crippen LogP contribution in [-0.2, 0) is 4.79 Å². The van der Waals surface area contributed by atoms with E-state index < -0.39 is 5.38 Å². The zero-order valence-corrected chi connectivity index (χ0v) is 12.6. The summed E-state index contributed by atoms with van der Waals surface area (Å²) in [6.07, 6.45) is 0. The molecule has 1 aliphatic rings. The Bertz CT molecular complexity index is 841. The molecule has 2 unspecified atom stereocenters. The number of anilines is 1. The summed E-state index contributed by atoms with van der Waals surface area (Å²) in [4.78, 5) is 14.2. The number of hydrogen-bond donors (Lipinski definition) is 0. The summed E-state index contributed by atoms with van der Waals surface area (Å²) < 4.78 is 0. The van der Waals surface area contributed by atoms with Crippen LogP contribution in [0.1, 0.15) is 11.6 Å². The molecule has 3 aromatic carbocycles. The number of carbonyl (C=O) groups excluding carboxylic acids is 1. The molecule has 1 aliphatic heterocycles. The quantitative estimate of drug-likeness (QED) is 0.503. The van der Waals surface area contributed by atoms with Gasteiger partial charge in [-0.2, -0.15) is 0 Å². The number of halogens is 1. The maximum Gasteiger partial charge on any atom is 0.248 e. The maximum absolute atomic E-state index is 12.4. The number of hydrogen-bond acceptors (Lipinski definition) is 1. The Balaban J connectivity index is 1.85. The summed E-state index contributed by atoms with van der Waals surface area (Å²) in [5, 5.41) is 1.70. The molecule has 3 aromatic rings. The van der Waals surface area contributed by atoms with E-state index in [1.807, 2.05) is 65.6 Å². The number of benzene rings is 3. The third-order valence-corrected chi connectivity index (χ3v) is 4.62. The standard InChI is InChI=1S/C19H14ClNO/c20-17-18(14-8-2-1-3-9-14)21(19(17)22)16-12-6-10-13-7-4-5-11-15(13)16/h1-12,17-18H. The van der Waals surface area contributed by atoms with Gasteiger partial charge in [0.25, 0.3) is 0 Å². The molecule has 0 radical (unpaired) electrons. The Labute approximate surface area is 133 Å². The molecule has 0 N–H and O–H groups in total. The summed E-state index contributed by atoms with van der Waals surface area (Å²) in [5.41, 5.74) is 1.99. The van der Waals surface area contributed by atoms with Crippen LogP contribution in [0.2, 0.25) is 0 Å². The third kappa shape index (κ3) is 1.92. The zero-order valence-electron chi connectivity index (χ0n) is 11.8. The number of amides is 1. The Morgan fingerprint density at radius 3 is 2.32 bits per heavy atom. The fourth-order valence-electron chi connectivity index (χ4n) is 3.11. The van der Waals surface area contributed by atoms with E-state index in [-0.39, 0.29) is 11.9 Å². The van der Waals surface area contributed by atoms with Crippen molar-refractivity contribution in [1.29, 1.82) is 0 Å². The number of carbonyl (C=O) groups is 1. The van der Waals surface area contributed by atoms with Crippen LogP contribution < -0.4 is 4.90 Å². The minimum Gasteiger partial charge on any atom is -0.301 e. The minimum atomic E-state index is -0.499. The largest absolute Gasteiger partial charge is 0.301 e. The summed E-state index contributed by atoms with van der Waals surface area (Å²) in [6, 6.07) is 24.0. The summed E-state index contributed by atoms with van der Waals surface area (Å²) in [6.45, 7) is 0. The van der Waals surface area contributed by atoms with Crippen LogP contribution >= 0.6 is 11.6 Å². The molecule has 0 aromatic heterocycles. The zero-order chi connectivity index (χ0) is 15.1. The van der Waals surface area contributed by atoms with Gasteiger partial charge in [0.2, 0.25) is 5.91 Å². The topological polar surface area (TPSA) is 20.3 Å². The van der Waals surface area contributed by atoms with E-state index in [9.17, 15) is 4.79 Å². The molecule has 1 saturated heterocycles. The van der Waals surface area contributed by atoms with Crippen molar-refractivity contribution in [2.45, 2.75) is 11.4 Å². The molecule has 2 nitrogen and oxygen atoms in total. The van der Waals surface area contributed by atoms with Gasteiger partial charge in [0.05, 0.1) is 11.7 Å². The van der Waals surface area contributed by atoms with Gasteiger partial charge in [-0.25, -0.2) is 0 Å². The van der Waals surface area contributed by atoms with Gasteiger partial charge in [0.15, 0.2) is 0 Å². The van der Waals surface area contributed by atoms with Gasteiger partial charge >= 0.3 is 0 Å². The lowest BCUT2D eigenvalue weighted by atomic mass is 9.91. The number of β-lactam (4-membered cyclic amide) rings is 1. The van der Waals surface area contributed by atoms with Crippen LogP contribution in [0.15, 0.2) is 72.8 Å².